The molecule has 0 fully saturated rings. The summed E-state index contributed by atoms with van der Waals surface area (Å²) in [5, 5.41) is 2.94. The normalized spacial score (nSPS) is 10.3. The number of carbonyl (C=O) groups is 1. The van der Waals surface area contributed by atoms with E-state index in [-0.39, 0.29) is 35.3 Å². The van der Waals surface area contributed by atoms with Gasteiger partial charge in [0.05, 0.1) is 6.42 Å². The van der Waals surface area contributed by atoms with E-state index in [0.29, 0.717) is 0 Å². The van der Waals surface area contributed by atoms with Gasteiger partial charge in [-0.1, -0.05) is 29.8 Å². The average Bonchev–Trinajstić information content (AvgIpc) is 2.41. The molecule has 2 aromatic carbocycles. The molecule has 0 atom stereocenters. The Hall–Kier alpha value is -1.94. The summed E-state index contributed by atoms with van der Waals surface area (Å²) in [6.45, 7) is 0.272. The maximum absolute atomic E-state index is 13.5. The number of nitrogens with one attached hydrogen (secondary N) is 1. The monoisotopic (exact) mass is 295 g/mol. The molecule has 0 bridgehead atoms. The third-order valence-corrected chi connectivity index (χ3v) is 3.00. The van der Waals surface area contributed by atoms with Crippen LogP contribution in [0.25, 0.3) is 0 Å². The van der Waals surface area contributed by atoms with Crippen molar-refractivity contribution in [3.63, 3.8) is 0 Å². The molecule has 0 spiro atoms. The van der Waals surface area contributed by atoms with Crippen molar-refractivity contribution >= 4 is 17.5 Å². The van der Waals surface area contributed by atoms with Crippen LogP contribution in [-0.2, 0) is 17.8 Å². The summed E-state index contributed by atoms with van der Waals surface area (Å²) < 4.78 is 26.2. The number of hydrogen-bond acceptors (Lipinski definition) is 1. The van der Waals surface area contributed by atoms with Crippen LogP contribution in [0.5, 0.6) is 0 Å². The SMILES string of the molecule is O=C(Cc1ccc(Cl)cc1F)NCc1ccc(F)cc1. The lowest BCUT2D eigenvalue weighted by atomic mass is 10.1. The zero-order chi connectivity index (χ0) is 14.5. The number of carbonyl (C=O) groups excluding carboxylic acids is 1. The largest absolute Gasteiger partial charge is 0.352 e. The predicted octanol–water partition coefficient (Wildman–Crippen LogP) is 3.48. The van der Waals surface area contributed by atoms with Crippen molar-refractivity contribution in [2.45, 2.75) is 13.0 Å². The first-order valence-corrected chi connectivity index (χ1v) is 6.37. The van der Waals surface area contributed by atoms with E-state index in [0.717, 1.165) is 5.56 Å². The van der Waals surface area contributed by atoms with Gasteiger partial charge in [0.1, 0.15) is 11.6 Å². The molecular weight excluding hydrogens is 284 g/mol. The Morgan fingerprint density at radius 2 is 1.80 bits per heavy atom. The Bertz CT molecular complexity index is 614. The minimum atomic E-state index is -0.505. The summed E-state index contributed by atoms with van der Waals surface area (Å²) in [5.41, 5.74) is 1.06. The van der Waals surface area contributed by atoms with Crippen molar-refractivity contribution in [2.75, 3.05) is 0 Å². The minimum absolute atomic E-state index is 0.0653. The summed E-state index contributed by atoms with van der Waals surface area (Å²) in [7, 11) is 0. The van der Waals surface area contributed by atoms with Gasteiger partial charge in [0.15, 0.2) is 0 Å². The topological polar surface area (TPSA) is 29.1 Å². The minimum Gasteiger partial charge on any atom is -0.352 e. The van der Waals surface area contributed by atoms with Crippen molar-refractivity contribution in [2.24, 2.45) is 0 Å². The van der Waals surface area contributed by atoms with Crippen molar-refractivity contribution in [3.8, 4) is 0 Å². The smallest absolute Gasteiger partial charge is 0.224 e. The molecule has 104 valence electrons. The fourth-order valence-corrected chi connectivity index (χ4v) is 1.86. The maximum atomic E-state index is 13.5. The maximum Gasteiger partial charge on any atom is 0.224 e. The van der Waals surface area contributed by atoms with E-state index in [2.05, 4.69) is 5.32 Å². The Morgan fingerprint density at radius 1 is 1.10 bits per heavy atom. The van der Waals surface area contributed by atoms with Crippen LogP contribution in [0.2, 0.25) is 5.02 Å². The zero-order valence-electron chi connectivity index (χ0n) is 10.5. The van der Waals surface area contributed by atoms with E-state index in [1.165, 1.54) is 30.3 Å². The standard InChI is InChI=1S/C15H12ClF2NO/c16-12-4-3-11(14(18)8-12)7-15(20)19-9-10-1-5-13(17)6-2-10/h1-6,8H,7,9H2,(H,19,20). The van der Waals surface area contributed by atoms with Crippen LogP contribution in [0.3, 0.4) is 0 Å². The number of amides is 1. The van der Waals surface area contributed by atoms with Crippen molar-refractivity contribution in [1.82, 2.24) is 5.32 Å². The molecule has 0 aromatic heterocycles. The molecule has 0 unspecified atom stereocenters. The molecular formula is C15H12ClF2NO. The predicted molar refractivity (Wildman–Crippen MR) is 73.4 cm³/mol. The van der Waals surface area contributed by atoms with Gasteiger partial charge >= 0.3 is 0 Å². The molecule has 0 saturated carbocycles. The van der Waals surface area contributed by atoms with E-state index in [1.54, 1.807) is 12.1 Å². The molecule has 0 heterocycles. The van der Waals surface area contributed by atoms with E-state index < -0.39 is 5.82 Å². The summed E-state index contributed by atoms with van der Waals surface area (Å²) in [4.78, 5) is 11.7. The molecule has 1 amide bonds. The van der Waals surface area contributed by atoms with Gasteiger partial charge in [0.2, 0.25) is 5.91 Å². The lowest BCUT2D eigenvalue weighted by molar-refractivity contribution is -0.120. The highest BCUT2D eigenvalue weighted by molar-refractivity contribution is 6.30. The molecule has 2 nitrogen and oxygen atoms in total. The second kappa shape index (κ2) is 6.48. The molecule has 5 heteroatoms. The van der Waals surface area contributed by atoms with Crippen LogP contribution in [0.4, 0.5) is 8.78 Å². The van der Waals surface area contributed by atoms with Gasteiger partial charge in [-0.05, 0) is 35.4 Å². The summed E-state index contributed by atoms with van der Waals surface area (Å²) in [5.74, 6) is -1.15. The van der Waals surface area contributed by atoms with Crippen LogP contribution in [0.1, 0.15) is 11.1 Å². The first-order valence-electron chi connectivity index (χ1n) is 5.99. The second-order valence-corrected chi connectivity index (χ2v) is 4.75. The van der Waals surface area contributed by atoms with Gasteiger partial charge in [-0.15, -0.1) is 0 Å². The third kappa shape index (κ3) is 4.03. The first kappa shape index (κ1) is 14.5. The highest BCUT2D eigenvalue weighted by atomic mass is 35.5. The molecule has 20 heavy (non-hydrogen) atoms. The number of rotatable bonds is 4. The van der Waals surface area contributed by atoms with Crippen LogP contribution < -0.4 is 5.32 Å². The molecule has 0 aliphatic heterocycles. The van der Waals surface area contributed by atoms with Crippen LogP contribution in [0.15, 0.2) is 42.5 Å². The molecule has 0 saturated heterocycles. The number of halogens is 3. The lowest BCUT2D eigenvalue weighted by Gasteiger charge is -2.06. The molecule has 2 rings (SSSR count). The zero-order valence-corrected chi connectivity index (χ0v) is 11.3. The van der Waals surface area contributed by atoms with Gasteiger partial charge in [-0.2, -0.15) is 0 Å². The average molecular weight is 296 g/mol. The van der Waals surface area contributed by atoms with Gasteiger partial charge in [0, 0.05) is 11.6 Å². The van der Waals surface area contributed by atoms with Crippen molar-refractivity contribution < 1.29 is 13.6 Å². The fraction of sp³-hybridized carbons (Fsp3) is 0.133. The van der Waals surface area contributed by atoms with Crippen LogP contribution >= 0.6 is 11.6 Å². The Kier molecular flexibility index (Phi) is 4.69. The van der Waals surface area contributed by atoms with Gasteiger partial charge in [-0.25, -0.2) is 8.78 Å². The third-order valence-electron chi connectivity index (χ3n) is 2.77. The Balaban J connectivity index is 1.90. The highest BCUT2D eigenvalue weighted by Gasteiger charge is 2.08. The van der Waals surface area contributed by atoms with E-state index >= 15 is 0 Å². The first-order chi connectivity index (χ1) is 9.54. The van der Waals surface area contributed by atoms with Crippen molar-refractivity contribution in [3.05, 3.63) is 70.2 Å². The van der Waals surface area contributed by atoms with E-state index in [1.807, 2.05) is 0 Å². The Morgan fingerprint density at radius 3 is 2.45 bits per heavy atom. The molecule has 0 radical (unpaired) electrons. The number of benzene rings is 2. The summed E-state index contributed by atoms with van der Waals surface area (Å²) in [6, 6.07) is 9.99. The van der Waals surface area contributed by atoms with Gasteiger partial charge < -0.3 is 5.32 Å². The quantitative estimate of drug-likeness (QED) is 0.919. The summed E-state index contributed by atoms with van der Waals surface area (Å²) in [6.07, 6.45) is -0.0653. The van der Waals surface area contributed by atoms with E-state index in [4.69, 9.17) is 11.6 Å². The highest BCUT2D eigenvalue weighted by Crippen LogP contribution is 2.15. The van der Waals surface area contributed by atoms with Crippen LogP contribution in [0, 0.1) is 11.6 Å². The molecule has 1 N–H and O–H groups in total. The van der Waals surface area contributed by atoms with Crippen LogP contribution in [-0.4, -0.2) is 5.91 Å². The molecule has 0 aliphatic carbocycles. The second-order valence-electron chi connectivity index (χ2n) is 4.32. The lowest BCUT2D eigenvalue weighted by Crippen LogP contribution is -2.24. The molecule has 0 aliphatic rings. The van der Waals surface area contributed by atoms with Crippen molar-refractivity contribution in [1.29, 1.82) is 0 Å². The van der Waals surface area contributed by atoms with Gasteiger partial charge in [-0.3, -0.25) is 4.79 Å². The number of hydrogen-bond donors (Lipinski definition) is 1. The van der Waals surface area contributed by atoms with E-state index in [9.17, 15) is 13.6 Å². The summed E-state index contributed by atoms with van der Waals surface area (Å²) >= 11 is 5.64. The fourth-order valence-electron chi connectivity index (χ4n) is 1.70. The molecule has 2 aromatic rings. The Labute approximate surface area is 120 Å². The van der Waals surface area contributed by atoms with Gasteiger partial charge in [0.25, 0.3) is 0 Å².